The van der Waals surface area contributed by atoms with Crippen molar-refractivity contribution in [2.24, 2.45) is 0 Å². The number of hydrogen-bond donors (Lipinski definition) is 0. The van der Waals surface area contributed by atoms with Crippen LogP contribution < -0.4 is 4.90 Å². The molecule has 0 N–H and O–H groups in total. The van der Waals surface area contributed by atoms with Gasteiger partial charge in [-0.25, -0.2) is 4.79 Å². The number of ether oxygens (including phenoxy) is 1. The lowest BCUT2D eigenvalue weighted by Crippen LogP contribution is -2.30. The summed E-state index contributed by atoms with van der Waals surface area (Å²) in [6.07, 6.45) is 0.481. The molecule has 1 heterocycles. The van der Waals surface area contributed by atoms with Gasteiger partial charge in [0, 0.05) is 14.6 Å². The standard InChI is InChI=1S/C21H16Br2N2O3S/c1-2-28-21(27)17(12-24)20-25(16-9-7-15(23)8-10-16)19(26)18(29-20)11-13-3-5-14(22)6-4-13/h3-10,18H,2,11H2,1H3. The number of nitrogens with zero attached hydrogens (tertiary/aromatic N) is 2. The molecular weight excluding hydrogens is 520 g/mol. The zero-order valence-electron chi connectivity index (χ0n) is 15.4. The molecule has 1 amide bonds. The molecule has 1 saturated heterocycles. The van der Waals surface area contributed by atoms with Crippen molar-refractivity contribution in [2.75, 3.05) is 11.5 Å². The molecule has 0 spiro atoms. The van der Waals surface area contributed by atoms with Crippen LogP contribution in [0.4, 0.5) is 5.69 Å². The summed E-state index contributed by atoms with van der Waals surface area (Å²) in [6, 6.07) is 16.8. The Bertz CT molecular complexity index is 998. The van der Waals surface area contributed by atoms with Gasteiger partial charge in [-0.2, -0.15) is 5.26 Å². The maximum Gasteiger partial charge on any atom is 0.351 e. The second-order valence-electron chi connectivity index (χ2n) is 6.10. The minimum Gasteiger partial charge on any atom is -0.462 e. The van der Waals surface area contributed by atoms with E-state index in [-0.39, 0.29) is 18.1 Å². The van der Waals surface area contributed by atoms with E-state index < -0.39 is 11.2 Å². The Balaban J connectivity index is 2.02. The average Bonchev–Trinajstić information content (AvgIpc) is 3.01. The van der Waals surface area contributed by atoms with Gasteiger partial charge in [-0.3, -0.25) is 9.69 Å². The summed E-state index contributed by atoms with van der Waals surface area (Å²) in [5.41, 5.74) is 1.42. The first-order valence-corrected chi connectivity index (χ1v) is 11.2. The number of benzene rings is 2. The van der Waals surface area contributed by atoms with Crippen LogP contribution in [-0.4, -0.2) is 23.7 Å². The van der Waals surface area contributed by atoms with Crippen molar-refractivity contribution in [3.63, 3.8) is 0 Å². The summed E-state index contributed by atoms with van der Waals surface area (Å²) in [5, 5.41) is 9.47. The number of rotatable bonds is 5. The zero-order valence-corrected chi connectivity index (χ0v) is 19.4. The van der Waals surface area contributed by atoms with Crippen LogP contribution in [0.5, 0.6) is 0 Å². The Morgan fingerprint density at radius 2 is 1.72 bits per heavy atom. The fraction of sp³-hybridized carbons (Fsp3) is 0.190. The molecule has 0 aromatic heterocycles. The maximum atomic E-state index is 13.3. The lowest BCUT2D eigenvalue weighted by Gasteiger charge is -2.18. The molecular formula is C21H16Br2N2O3S. The van der Waals surface area contributed by atoms with Gasteiger partial charge in [-0.1, -0.05) is 55.8 Å². The molecule has 2 aromatic carbocycles. The van der Waals surface area contributed by atoms with Crippen molar-refractivity contribution in [3.8, 4) is 6.07 Å². The number of halogens is 2. The minimum absolute atomic E-state index is 0.149. The predicted molar refractivity (Wildman–Crippen MR) is 120 cm³/mol. The van der Waals surface area contributed by atoms with E-state index in [0.29, 0.717) is 17.1 Å². The van der Waals surface area contributed by atoms with Gasteiger partial charge in [0.2, 0.25) is 5.91 Å². The molecule has 148 valence electrons. The number of nitriles is 1. The van der Waals surface area contributed by atoms with Gasteiger partial charge in [0.15, 0.2) is 5.57 Å². The van der Waals surface area contributed by atoms with Crippen LogP contribution in [-0.2, 0) is 20.7 Å². The molecule has 1 aliphatic heterocycles. The van der Waals surface area contributed by atoms with Crippen LogP contribution in [0.3, 0.4) is 0 Å². The van der Waals surface area contributed by atoms with Gasteiger partial charge in [0.1, 0.15) is 11.1 Å². The van der Waals surface area contributed by atoms with Crippen LogP contribution in [0.2, 0.25) is 0 Å². The van der Waals surface area contributed by atoms with Crippen LogP contribution in [0.25, 0.3) is 0 Å². The lowest BCUT2D eigenvalue weighted by atomic mass is 10.1. The minimum atomic E-state index is -0.725. The highest BCUT2D eigenvalue weighted by Gasteiger charge is 2.41. The van der Waals surface area contributed by atoms with Crippen molar-refractivity contribution >= 4 is 61.2 Å². The summed E-state index contributed by atoms with van der Waals surface area (Å²) in [6.45, 7) is 1.82. The second-order valence-corrected chi connectivity index (χ2v) is 9.12. The topological polar surface area (TPSA) is 70.4 Å². The van der Waals surface area contributed by atoms with Gasteiger partial charge in [-0.05, 0) is 55.3 Å². The smallest absolute Gasteiger partial charge is 0.351 e. The van der Waals surface area contributed by atoms with E-state index in [1.165, 1.54) is 16.7 Å². The summed E-state index contributed by atoms with van der Waals surface area (Å²) in [5.74, 6) is -0.899. The van der Waals surface area contributed by atoms with Crippen LogP contribution in [0.1, 0.15) is 12.5 Å². The Morgan fingerprint density at radius 3 is 2.28 bits per heavy atom. The van der Waals surface area contributed by atoms with Crippen LogP contribution >= 0.6 is 43.6 Å². The number of carbonyl (C=O) groups is 2. The van der Waals surface area contributed by atoms with Crippen LogP contribution in [0, 0.1) is 11.3 Å². The molecule has 5 nitrogen and oxygen atoms in total. The molecule has 1 aliphatic rings. The number of thioether (sulfide) groups is 1. The van der Waals surface area contributed by atoms with Gasteiger partial charge in [0.25, 0.3) is 0 Å². The van der Waals surface area contributed by atoms with E-state index in [9.17, 15) is 14.9 Å². The molecule has 1 unspecified atom stereocenters. The monoisotopic (exact) mass is 534 g/mol. The molecule has 3 rings (SSSR count). The largest absolute Gasteiger partial charge is 0.462 e. The van der Waals surface area contributed by atoms with Gasteiger partial charge >= 0.3 is 5.97 Å². The van der Waals surface area contributed by atoms with Crippen molar-refractivity contribution in [2.45, 2.75) is 18.6 Å². The highest BCUT2D eigenvalue weighted by atomic mass is 79.9. The third-order valence-electron chi connectivity index (χ3n) is 4.18. The van der Waals surface area contributed by atoms with Crippen molar-refractivity contribution in [3.05, 3.63) is 73.6 Å². The quantitative estimate of drug-likeness (QED) is 0.299. The molecule has 1 fully saturated rings. The van der Waals surface area contributed by atoms with Crippen molar-refractivity contribution in [1.29, 1.82) is 5.26 Å². The fourth-order valence-electron chi connectivity index (χ4n) is 2.83. The zero-order chi connectivity index (χ0) is 21.0. The Morgan fingerprint density at radius 1 is 1.14 bits per heavy atom. The Kier molecular flexibility index (Phi) is 7.17. The number of esters is 1. The molecule has 0 saturated carbocycles. The summed E-state index contributed by atoms with van der Waals surface area (Å²) < 4.78 is 6.85. The summed E-state index contributed by atoms with van der Waals surface area (Å²) in [7, 11) is 0. The third-order valence-corrected chi connectivity index (χ3v) is 6.50. The summed E-state index contributed by atoms with van der Waals surface area (Å²) in [4.78, 5) is 27.0. The number of hydrogen-bond acceptors (Lipinski definition) is 5. The van der Waals surface area contributed by atoms with Crippen molar-refractivity contribution in [1.82, 2.24) is 0 Å². The first kappa shape index (κ1) is 21.6. The fourth-order valence-corrected chi connectivity index (χ4v) is 4.66. The van der Waals surface area contributed by atoms with E-state index >= 15 is 0 Å². The number of amides is 1. The number of anilines is 1. The van der Waals surface area contributed by atoms with E-state index in [2.05, 4.69) is 31.9 Å². The molecule has 2 aromatic rings. The van der Waals surface area contributed by atoms with E-state index in [1.54, 1.807) is 19.1 Å². The predicted octanol–water partition coefficient (Wildman–Crippen LogP) is 5.20. The molecule has 8 heteroatoms. The van der Waals surface area contributed by atoms with Crippen LogP contribution in [0.15, 0.2) is 68.1 Å². The first-order valence-electron chi connectivity index (χ1n) is 8.76. The normalized spacial score (nSPS) is 17.8. The Hall–Kier alpha value is -2.08. The lowest BCUT2D eigenvalue weighted by molar-refractivity contribution is -0.138. The van der Waals surface area contributed by atoms with E-state index in [0.717, 1.165) is 14.5 Å². The molecule has 0 aliphatic carbocycles. The molecule has 1 atom stereocenters. The van der Waals surface area contributed by atoms with Gasteiger partial charge in [-0.15, -0.1) is 0 Å². The highest BCUT2D eigenvalue weighted by molar-refractivity contribution is 9.10. The second kappa shape index (κ2) is 9.61. The van der Waals surface area contributed by atoms with E-state index in [4.69, 9.17) is 4.74 Å². The van der Waals surface area contributed by atoms with Gasteiger partial charge in [0.05, 0.1) is 11.9 Å². The average molecular weight is 536 g/mol. The van der Waals surface area contributed by atoms with Crippen molar-refractivity contribution < 1.29 is 14.3 Å². The Labute approximate surface area is 190 Å². The number of carbonyl (C=O) groups excluding carboxylic acids is 2. The third kappa shape index (κ3) is 4.92. The maximum absolute atomic E-state index is 13.3. The molecule has 0 radical (unpaired) electrons. The van der Waals surface area contributed by atoms with Gasteiger partial charge < -0.3 is 4.74 Å². The molecule has 29 heavy (non-hydrogen) atoms. The summed E-state index contributed by atoms with van der Waals surface area (Å²) >= 11 is 8.01. The highest BCUT2D eigenvalue weighted by Crippen LogP contribution is 2.42. The van der Waals surface area contributed by atoms with E-state index in [1.807, 2.05) is 42.5 Å². The molecule has 0 bridgehead atoms. The SMILES string of the molecule is CCOC(=O)C(C#N)=C1SC(Cc2ccc(Br)cc2)C(=O)N1c1ccc(Br)cc1. The first-order chi connectivity index (χ1) is 13.9.